The third-order valence-electron chi connectivity index (χ3n) is 9.32. The van der Waals surface area contributed by atoms with Crippen LogP contribution in [0.2, 0.25) is 0 Å². The number of rotatable bonds is 15. The van der Waals surface area contributed by atoms with E-state index in [2.05, 4.69) is 15.6 Å². The minimum absolute atomic E-state index is 0. The highest BCUT2D eigenvalue weighted by molar-refractivity contribution is 6.25. The minimum atomic E-state index is -0.566. The number of H-pyrrole nitrogens is 1. The number of nitrogens with zero attached hydrogens (tertiary/aromatic N) is 5. The van der Waals surface area contributed by atoms with Crippen molar-refractivity contribution in [1.82, 2.24) is 25.0 Å². The van der Waals surface area contributed by atoms with Gasteiger partial charge >= 0.3 is 0 Å². The predicted octanol–water partition coefficient (Wildman–Crippen LogP) is 4.78. The lowest BCUT2D eigenvalue weighted by Crippen LogP contribution is -2.41. The Morgan fingerprint density at radius 2 is 1.54 bits per heavy atom. The summed E-state index contributed by atoms with van der Waals surface area (Å²) in [7, 11) is 5.68. The normalized spacial score (nSPS) is 12.5. The van der Waals surface area contributed by atoms with Crippen molar-refractivity contribution in [2.24, 2.45) is 0 Å². The number of aromatic amines is 1. The maximum atomic E-state index is 13.9. The van der Waals surface area contributed by atoms with Crippen LogP contribution in [0.15, 0.2) is 65.5 Å². The molecule has 16 nitrogen and oxygen atoms in total. The molecule has 4 aromatic carbocycles. The molecule has 1 aliphatic heterocycles. The molecule has 0 bridgehead atoms. The van der Waals surface area contributed by atoms with Gasteiger partial charge in [-0.3, -0.25) is 44.3 Å². The summed E-state index contributed by atoms with van der Waals surface area (Å²) in [5.41, 5.74) is 1.01. The second-order valence-electron chi connectivity index (χ2n) is 13.3. The smallest absolute Gasteiger partial charge is 0.270 e. The Morgan fingerprint density at radius 3 is 2.26 bits per heavy atom. The minimum Gasteiger partial charge on any atom is -0.384 e. The lowest BCUT2D eigenvalue weighted by atomic mass is 9.93. The van der Waals surface area contributed by atoms with Gasteiger partial charge in [-0.25, -0.2) is 0 Å². The molecule has 54 heavy (non-hydrogen) atoms. The quantitative estimate of drug-likeness (QED) is 0.0436. The van der Waals surface area contributed by atoms with Crippen molar-refractivity contribution in [2.75, 3.05) is 65.7 Å². The molecule has 5 aromatic rings. The molecule has 2 heterocycles. The number of carbonyl (C=O) groups is 3. The summed E-state index contributed by atoms with van der Waals surface area (Å²) < 4.78 is 0. The zero-order chi connectivity index (χ0) is 38.0. The largest absolute Gasteiger partial charge is 0.384 e. The Bertz CT molecular complexity index is 2380. The third-order valence-corrected chi connectivity index (χ3v) is 9.32. The molecule has 1 aliphatic rings. The van der Waals surface area contributed by atoms with E-state index in [9.17, 15) is 39.4 Å². The summed E-state index contributed by atoms with van der Waals surface area (Å²) in [4.78, 5) is 83.8. The number of hydrogen-bond donors (Lipinski definition) is 3. The second-order valence-corrected chi connectivity index (χ2v) is 13.3. The maximum Gasteiger partial charge on any atom is 0.270 e. The van der Waals surface area contributed by atoms with Gasteiger partial charge in [-0.2, -0.15) is 0 Å². The molecule has 0 saturated carbocycles. The number of hydrogen-bond acceptors (Lipinski definition) is 11. The van der Waals surface area contributed by atoms with E-state index < -0.39 is 27.1 Å². The van der Waals surface area contributed by atoms with E-state index in [-0.39, 0.29) is 58.1 Å². The monoisotopic (exact) mass is 758 g/mol. The number of imide groups is 1. The number of amides is 3. The first-order chi connectivity index (χ1) is 25.3. The fraction of sp³-hybridized carbons (Fsp3) is 0.297. The van der Waals surface area contributed by atoms with Gasteiger partial charge in [-0.1, -0.05) is 12.1 Å². The van der Waals surface area contributed by atoms with Gasteiger partial charge in [0.1, 0.15) is 0 Å². The number of nitro benzene ring substituents is 2. The van der Waals surface area contributed by atoms with E-state index in [1.54, 1.807) is 30.3 Å². The molecule has 282 valence electrons. The van der Waals surface area contributed by atoms with Gasteiger partial charge in [-0.05, 0) is 76.7 Å². The predicted molar refractivity (Wildman–Crippen MR) is 208 cm³/mol. The summed E-state index contributed by atoms with van der Waals surface area (Å²) in [5.74, 6) is -1.36. The lowest BCUT2D eigenvalue weighted by Gasteiger charge is -2.27. The van der Waals surface area contributed by atoms with Gasteiger partial charge in [0.25, 0.3) is 29.1 Å². The van der Waals surface area contributed by atoms with Crippen molar-refractivity contribution in [3.8, 4) is 0 Å². The number of nitro groups is 2. The Labute approximate surface area is 314 Å². The van der Waals surface area contributed by atoms with E-state index in [0.717, 1.165) is 4.90 Å². The van der Waals surface area contributed by atoms with Gasteiger partial charge in [-0.15, -0.1) is 12.4 Å². The van der Waals surface area contributed by atoms with Crippen LogP contribution in [-0.2, 0) is 0 Å². The molecule has 3 amide bonds. The maximum absolute atomic E-state index is 13.9. The third kappa shape index (κ3) is 7.85. The molecule has 0 fully saturated rings. The van der Waals surface area contributed by atoms with Gasteiger partial charge in [0.2, 0.25) is 0 Å². The number of pyridine rings is 1. The first-order valence-electron chi connectivity index (χ1n) is 17.1. The molecule has 3 N–H and O–H groups in total. The number of aromatic nitrogens is 1. The number of benzene rings is 4. The number of carbonyl (C=O) groups excluding carboxylic acids is 3. The van der Waals surface area contributed by atoms with Gasteiger partial charge < -0.3 is 25.4 Å². The summed E-state index contributed by atoms with van der Waals surface area (Å²) in [6.07, 6.45) is 1.11. The van der Waals surface area contributed by atoms with Gasteiger partial charge in [0.15, 0.2) is 5.43 Å². The van der Waals surface area contributed by atoms with Crippen molar-refractivity contribution in [1.29, 1.82) is 0 Å². The van der Waals surface area contributed by atoms with Crippen molar-refractivity contribution >= 4 is 79.8 Å². The molecular weight excluding hydrogens is 720 g/mol. The Morgan fingerprint density at radius 1 is 0.815 bits per heavy atom. The second kappa shape index (κ2) is 16.4. The topological polar surface area (TPSA) is 204 Å². The molecule has 0 spiro atoms. The SMILES string of the molecule is CN(C)CCNC(=O)c1ccc(NCCCN(C)CCCN2C(=O)c3cccc4cc([N+](=O)[O-])cc(c34)C2=O)c2c(=O)c3cc([N+](=O)[O-])ccc3[nH]c12.Cl. The van der Waals surface area contributed by atoms with Crippen LogP contribution < -0.4 is 16.1 Å². The van der Waals surface area contributed by atoms with Crippen LogP contribution in [0.5, 0.6) is 0 Å². The van der Waals surface area contributed by atoms with Crippen molar-refractivity contribution in [3.63, 3.8) is 0 Å². The van der Waals surface area contributed by atoms with Crippen molar-refractivity contribution < 1.29 is 24.2 Å². The average Bonchev–Trinajstić information content (AvgIpc) is 3.12. The molecule has 6 rings (SSSR count). The van der Waals surface area contributed by atoms with Gasteiger partial charge in [0.05, 0.1) is 42.8 Å². The molecule has 0 atom stereocenters. The van der Waals surface area contributed by atoms with Crippen LogP contribution in [-0.4, -0.2) is 108 Å². The van der Waals surface area contributed by atoms with Crippen LogP contribution in [0.25, 0.3) is 32.6 Å². The summed E-state index contributed by atoms with van der Waals surface area (Å²) in [6, 6.07) is 14.8. The molecular formula is C37H39ClN8O8. The highest BCUT2D eigenvalue weighted by Gasteiger charge is 2.34. The number of non-ortho nitro benzene ring substituents is 2. The number of anilines is 1. The molecule has 17 heteroatoms. The number of halogens is 1. The average molecular weight is 759 g/mol. The van der Waals surface area contributed by atoms with Crippen molar-refractivity contribution in [3.05, 3.63) is 108 Å². The fourth-order valence-corrected chi connectivity index (χ4v) is 6.64. The standard InChI is InChI=1S/C37H38N8O8.ClH/c1-41(2)18-14-39-35(47)26-10-12-30(32-33(26)40-29-11-9-23(44(50)51)20-27(29)34(32)46)38-13-5-15-42(3)16-6-17-43-36(48)25-8-4-7-22-19-24(45(52)53)21-28(31(22)25)37(43)49;/h4,7-12,19-21,38H,5-6,13-18H2,1-3H3,(H,39,47)(H,40,46);1H. The van der Waals surface area contributed by atoms with Crippen molar-refractivity contribution in [2.45, 2.75) is 12.8 Å². The van der Waals surface area contributed by atoms with Crippen LogP contribution in [0.1, 0.15) is 43.9 Å². The lowest BCUT2D eigenvalue weighted by molar-refractivity contribution is -0.384. The van der Waals surface area contributed by atoms with Crippen LogP contribution in [0, 0.1) is 20.2 Å². The van der Waals surface area contributed by atoms with Gasteiger partial charge in [0, 0.05) is 67.1 Å². The Kier molecular flexibility index (Phi) is 11.9. The Balaban J connectivity index is 0.00000561. The van der Waals surface area contributed by atoms with Crippen LogP contribution in [0.4, 0.5) is 17.1 Å². The number of nitrogens with one attached hydrogen (secondary N) is 3. The first kappa shape index (κ1) is 39.2. The molecule has 1 aromatic heterocycles. The highest BCUT2D eigenvalue weighted by Crippen LogP contribution is 2.33. The number of fused-ring (bicyclic) bond motifs is 2. The Hall–Kier alpha value is -5.97. The van der Waals surface area contributed by atoms with E-state index >= 15 is 0 Å². The molecule has 0 saturated heterocycles. The zero-order valence-corrected chi connectivity index (χ0v) is 30.7. The van der Waals surface area contributed by atoms with Crippen LogP contribution >= 0.6 is 12.4 Å². The van der Waals surface area contributed by atoms with E-state index in [1.165, 1.54) is 30.3 Å². The molecule has 0 aliphatic carbocycles. The molecule has 0 unspecified atom stereocenters. The summed E-state index contributed by atoms with van der Waals surface area (Å²) in [6.45, 7) is 2.77. The summed E-state index contributed by atoms with van der Waals surface area (Å²) in [5, 5.41) is 30.4. The van der Waals surface area contributed by atoms with Crippen LogP contribution in [0.3, 0.4) is 0 Å². The number of likely N-dealkylation sites (N-methyl/N-ethyl adjacent to an activating group) is 1. The van der Waals surface area contributed by atoms with E-state index in [1.807, 2.05) is 30.9 Å². The summed E-state index contributed by atoms with van der Waals surface area (Å²) >= 11 is 0. The van der Waals surface area contributed by atoms with E-state index in [4.69, 9.17) is 0 Å². The first-order valence-corrected chi connectivity index (χ1v) is 17.1. The molecule has 0 radical (unpaired) electrons. The zero-order valence-electron chi connectivity index (χ0n) is 29.8. The highest BCUT2D eigenvalue weighted by atomic mass is 35.5. The van der Waals surface area contributed by atoms with E-state index in [0.29, 0.717) is 78.6 Å². The fourth-order valence-electron chi connectivity index (χ4n) is 6.64.